The monoisotopic (exact) mass is 402 g/mol. The molecule has 0 radical (unpaired) electrons. The smallest absolute Gasteiger partial charge is 0.338 e. The zero-order chi connectivity index (χ0) is 20.7. The molecule has 0 fully saturated rings. The Kier molecular flexibility index (Phi) is 13.5. The molecular weight excluding hydrogens is 368 g/mol. The summed E-state index contributed by atoms with van der Waals surface area (Å²) in [6, 6.07) is 7.24. The lowest BCUT2D eigenvalue weighted by Gasteiger charge is -2.13. The second-order valence-electron chi connectivity index (χ2n) is 6.33. The molecule has 156 valence electrons. The van der Waals surface area contributed by atoms with Crippen LogP contribution in [0.15, 0.2) is 24.3 Å². The third-order valence-corrected chi connectivity index (χ3v) is 4.56. The van der Waals surface area contributed by atoms with E-state index in [2.05, 4.69) is 19.2 Å². The first-order valence-corrected chi connectivity index (χ1v) is 11.0. The summed E-state index contributed by atoms with van der Waals surface area (Å²) in [6.07, 6.45) is 6.31. The zero-order valence-electron chi connectivity index (χ0n) is 16.6. The molecule has 0 aliphatic heterocycles. The van der Waals surface area contributed by atoms with Crippen molar-refractivity contribution < 1.29 is 22.5 Å². The molecule has 4 N–H and O–H groups in total. The summed E-state index contributed by atoms with van der Waals surface area (Å²) in [5, 5.41) is 3.38. The van der Waals surface area contributed by atoms with Crippen molar-refractivity contribution >= 4 is 21.8 Å². The lowest BCUT2D eigenvalue weighted by molar-refractivity contribution is 0.0506. The average Bonchev–Trinajstić information content (AvgIpc) is 2.63. The fourth-order valence-electron chi connectivity index (χ4n) is 2.13. The third-order valence-electron chi connectivity index (χ3n) is 3.83. The van der Waals surface area contributed by atoms with Gasteiger partial charge in [0.05, 0.1) is 11.3 Å². The van der Waals surface area contributed by atoms with E-state index < -0.39 is 10.1 Å². The molecule has 0 aliphatic carbocycles. The Labute approximate surface area is 163 Å². The summed E-state index contributed by atoms with van der Waals surface area (Å²) in [5.74, 6) is -0.500. The third kappa shape index (κ3) is 15.1. The Morgan fingerprint density at radius 2 is 1.78 bits per heavy atom. The van der Waals surface area contributed by atoms with Gasteiger partial charge in [-0.3, -0.25) is 4.55 Å². The molecule has 0 amide bonds. The number of nitrogens with one attached hydrogen (secondary N) is 1. The van der Waals surface area contributed by atoms with Gasteiger partial charge < -0.3 is 15.8 Å². The number of unbranched alkanes of at least 4 members (excludes halogenated alkanes) is 3. The van der Waals surface area contributed by atoms with Crippen molar-refractivity contribution in [2.45, 2.75) is 58.9 Å². The fourth-order valence-corrected chi connectivity index (χ4v) is 2.13. The van der Waals surface area contributed by atoms with Gasteiger partial charge in [0.1, 0.15) is 6.61 Å². The maximum Gasteiger partial charge on any atom is 0.338 e. The van der Waals surface area contributed by atoms with E-state index in [9.17, 15) is 13.2 Å². The van der Waals surface area contributed by atoms with Gasteiger partial charge in [-0.2, -0.15) is 8.42 Å². The highest BCUT2D eigenvalue weighted by Crippen LogP contribution is 2.07. The molecule has 1 unspecified atom stereocenters. The van der Waals surface area contributed by atoms with Crippen LogP contribution < -0.4 is 11.1 Å². The van der Waals surface area contributed by atoms with Crippen LogP contribution in [0.1, 0.15) is 63.2 Å². The number of esters is 1. The number of anilines is 1. The molecule has 0 bridgehead atoms. The van der Waals surface area contributed by atoms with Crippen LogP contribution >= 0.6 is 0 Å². The second kappa shape index (κ2) is 14.4. The van der Waals surface area contributed by atoms with Gasteiger partial charge in [-0.1, -0.05) is 32.6 Å². The maximum atomic E-state index is 11.8. The molecule has 0 saturated carbocycles. The number of carbonyl (C=O) groups excluding carboxylic acids is 1. The number of benzene rings is 1. The minimum absolute atomic E-state index is 0.201. The van der Waals surface area contributed by atoms with Crippen LogP contribution in [0.5, 0.6) is 0 Å². The predicted octanol–water partition coefficient (Wildman–Crippen LogP) is 3.27. The van der Waals surface area contributed by atoms with Gasteiger partial charge in [-0.25, -0.2) is 4.79 Å². The minimum Gasteiger partial charge on any atom is -0.461 e. The Hall–Kier alpha value is -1.64. The largest absolute Gasteiger partial charge is 0.461 e. The highest BCUT2D eigenvalue weighted by Gasteiger charge is 2.07. The first-order chi connectivity index (χ1) is 12.7. The summed E-state index contributed by atoms with van der Waals surface area (Å²) in [6.45, 7) is 6.85. The van der Waals surface area contributed by atoms with E-state index in [1.807, 2.05) is 0 Å². The van der Waals surface area contributed by atoms with Crippen molar-refractivity contribution in [3.63, 3.8) is 0 Å². The van der Waals surface area contributed by atoms with Gasteiger partial charge in [-0.05, 0) is 44.5 Å². The molecule has 0 aromatic heterocycles. The van der Waals surface area contributed by atoms with Crippen molar-refractivity contribution in [2.24, 2.45) is 0 Å². The Balaban J connectivity index is 0.000000972. The van der Waals surface area contributed by atoms with E-state index in [-0.39, 0.29) is 11.7 Å². The summed E-state index contributed by atoms with van der Waals surface area (Å²) in [4.78, 5) is 11.8. The van der Waals surface area contributed by atoms with Gasteiger partial charge in [0.15, 0.2) is 0 Å². The summed E-state index contributed by atoms with van der Waals surface area (Å²) < 4.78 is 32.1. The van der Waals surface area contributed by atoms with E-state index in [1.54, 1.807) is 24.3 Å². The summed E-state index contributed by atoms with van der Waals surface area (Å²) >= 11 is 0. The number of hydrogen-bond donors (Lipinski definition) is 3. The van der Waals surface area contributed by atoms with Crippen molar-refractivity contribution in [3.8, 4) is 0 Å². The number of hydrogen-bond acceptors (Lipinski definition) is 6. The molecule has 8 heteroatoms. The lowest BCUT2D eigenvalue weighted by Crippen LogP contribution is -2.30. The number of nitrogens with two attached hydrogens (primary N) is 1. The summed E-state index contributed by atoms with van der Waals surface area (Å²) in [5.41, 5.74) is 6.76. The molecule has 0 saturated heterocycles. The van der Waals surface area contributed by atoms with Gasteiger partial charge in [0, 0.05) is 18.3 Å². The van der Waals surface area contributed by atoms with E-state index in [0.29, 0.717) is 30.4 Å². The van der Waals surface area contributed by atoms with Crippen molar-refractivity contribution in [1.82, 2.24) is 5.32 Å². The maximum absolute atomic E-state index is 11.8. The van der Waals surface area contributed by atoms with Crippen molar-refractivity contribution in [1.29, 1.82) is 0 Å². The van der Waals surface area contributed by atoms with Gasteiger partial charge in [0.25, 0.3) is 10.1 Å². The first-order valence-electron chi connectivity index (χ1n) is 9.40. The second-order valence-corrected chi connectivity index (χ2v) is 8.07. The molecule has 1 atom stereocenters. The molecule has 0 aliphatic rings. The van der Waals surface area contributed by atoms with Crippen LogP contribution in [0.4, 0.5) is 5.69 Å². The highest BCUT2D eigenvalue weighted by atomic mass is 32.2. The molecular formula is C19H34N2O5S. The lowest BCUT2D eigenvalue weighted by atomic mass is 10.1. The number of rotatable bonds is 11. The first kappa shape index (κ1) is 25.4. The van der Waals surface area contributed by atoms with Crippen LogP contribution in [0.3, 0.4) is 0 Å². The van der Waals surface area contributed by atoms with Gasteiger partial charge in [-0.15, -0.1) is 0 Å². The standard InChI is InChI=1S/C17H28N2O2.C2H6O3S/c1-3-4-5-6-7-14(2)19-12-13-21-17(20)15-8-10-16(18)11-9-15;1-2-6(3,4)5/h8-11,14,19H,3-7,12-13,18H2,1-2H3;2H2,1H3,(H,3,4,5). The minimum atomic E-state index is -3.66. The SMILES string of the molecule is CCCCCCC(C)NCCOC(=O)c1ccc(N)cc1.CCS(=O)(=O)O. The molecule has 27 heavy (non-hydrogen) atoms. The van der Waals surface area contributed by atoms with Crippen LogP contribution in [0.25, 0.3) is 0 Å². The van der Waals surface area contributed by atoms with Crippen molar-refractivity contribution in [3.05, 3.63) is 29.8 Å². The number of ether oxygens (including phenoxy) is 1. The van der Waals surface area contributed by atoms with E-state index in [4.69, 9.17) is 15.0 Å². The number of nitrogen functional groups attached to an aromatic ring is 1. The highest BCUT2D eigenvalue weighted by molar-refractivity contribution is 7.85. The van der Waals surface area contributed by atoms with Crippen molar-refractivity contribution in [2.75, 3.05) is 24.6 Å². The van der Waals surface area contributed by atoms with Crippen LogP contribution in [0.2, 0.25) is 0 Å². The molecule has 1 aromatic rings. The van der Waals surface area contributed by atoms with E-state index >= 15 is 0 Å². The van der Waals surface area contributed by atoms with Crippen LogP contribution in [-0.4, -0.2) is 43.9 Å². The normalized spacial score (nSPS) is 12.0. The zero-order valence-corrected chi connectivity index (χ0v) is 17.4. The predicted molar refractivity (Wildman–Crippen MR) is 109 cm³/mol. The van der Waals surface area contributed by atoms with E-state index in [0.717, 1.165) is 0 Å². The van der Waals surface area contributed by atoms with Gasteiger partial charge in [0.2, 0.25) is 0 Å². The van der Waals surface area contributed by atoms with Gasteiger partial charge >= 0.3 is 5.97 Å². The molecule has 0 spiro atoms. The quantitative estimate of drug-likeness (QED) is 0.225. The molecule has 7 nitrogen and oxygen atoms in total. The Morgan fingerprint density at radius 3 is 2.30 bits per heavy atom. The Morgan fingerprint density at radius 1 is 1.19 bits per heavy atom. The van der Waals surface area contributed by atoms with Crippen LogP contribution in [-0.2, 0) is 14.9 Å². The Bertz CT molecular complexity index is 617. The fraction of sp³-hybridized carbons (Fsp3) is 0.632. The molecule has 0 heterocycles. The summed E-state index contributed by atoms with van der Waals surface area (Å²) in [7, 11) is -3.66. The number of carbonyl (C=O) groups is 1. The average molecular weight is 403 g/mol. The molecule has 1 rings (SSSR count). The van der Waals surface area contributed by atoms with E-state index in [1.165, 1.54) is 39.0 Å². The van der Waals surface area contributed by atoms with Crippen LogP contribution in [0, 0.1) is 0 Å². The molecule has 1 aromatic carbocycles. The topological polar surface area (TPSA) is 119 Å².